The molecule has 1 amide bonds. The summed E-state index contributed by atoms with van der Waals surface area (Å²) in [6, 6.07) is 5.17. The van der Waals surface area contributed by atoms with Gasteiger partial charge >= 0.3 is 5.97 Å². The van der Waals surface area contributed by atoms with Crippen molar-refractivity contribution in [3.8, 4) is 11.4 Å². The lowest BCUT2D eigenvalue weighted by molar-refractivity contribution is -0.142. The number of aromatic nitrogens is 4. The lowest BCUT2D eigenvalue weighted by atomic mass is 10.1. The maximum atomic E-state index is 12.5. The van der Waals surface area contributed by atoms with Crippen molar-refractivity contribution in [3.05, 3.63) is 41.9 Å². The SMILES string of the molecule is C=CCCC(NC(=O)C(CC)n1nnc(-c2ccc(Cl)cc2)n1)C(=O)O. The third kappa shape index (κ3) is 4.89. The Morgan fingerprint density at radius 1 is 1.38 bits per heavy atom. The van der Waals surface area contributed by atoms with Gasteiger partial charge in [-0.15, -0.1) is 16.8 Å². The first-order chi connectivity index (χ1) is 12.5. The van der Waals surface area contributed by atoms with Gasteiger partial charge in [0, 0.05) is 10.6 Å². The number of carboxylic acid groups (broad SMARTS) is 1. The zero-order valence-electron chi connectivity index (χ0n) is 14.3. The standard InChI is InChI=1S/C17H20ClN5O3/c1-3-5-6-13(17(25)26)19-16(24)14(4-2)23-21-15(20-22-23)11-7-9-12(18)10-8-11/h3,7-10,13-14H,1,4-6H2,2H3,(H,19,24)(H,25,26). The van der Waals surface area contributed by atoms with Crippen LogP contribution in [0.2, 0.25) is 5.02 Å². The number of tetrazole rings is 1. The maximum absolute atomic E-state index is 12.5. The molecule has 1 aromatic heterocycles. The number of halogens is 1. The van der Waals surface area contributed by atoms with Crippen LogP contribution in [0.4, 0.5) is 0 Å². The van der Waals surface area contributed by atoms with Crippen LogP contribution in [0.1, 0.15) is 32.2 Å². The number of benzene rings is 1. The molecule has 26 heavy (non-hydrogen) atoms. The second-order valence-electron chi connectivity index (χ2n) is 5.63. The Balaban J connectivity index is 2.14. The van der Waals surface area contributed by atoms with E-state index in [4.69, 9.17) is 11.6 Å². The number of amides is 1. The molecule has 8 nitrogen and oxygen atoms in total. The molecule has 0 spiro atoms. The molecular formula is C17H20ClN5O3. The lowest BCUT2D eigenvalue weighted by Gasteiger charge is -2.18. The second kappa shape index (κ2) is 9.10. The minimum atomic E-state index is -1.09. The molecule has 2 unspecified atom stereocenters. The van der Waals surface area contributed by atoms with Gasteiger partial charge in [-0.3, -0.25) is 4.79 Å². The van der Waals surface area contributed by atoms with E-state index in [1.807, 2.05) is 0 Å². The van der Waals surface area contributed by atoms with Gasteiger partial charge in [-0.05, 0) is 48.7 Å². The number of allylic oxidation sites excluding steroid dienone is 1. The third-order valence-corrected chi connectivity index (χ3v) is 4.02. The molecule has 0 aliphatic carbocycles. The summed E-state index contributed by atoms with van der Waals surface area (Å²) in [7, 11) is 0. The quantitative estimate of drug-likeness (QED) is 0.649. The average molecular weight is 378 g/mol. The first-order valence-corrected chi connectivity index (χ1v) is 8.53. The van der Waals surface area contributed by atoms with Crippen LogP contribution in [0.3, 0.4) is 0 Å². The van der Waals surface area contributed by atoms with Crippen molar-refractivity contribution in [3.63, 3.8) is 0 Å². The van der Waals surface area contributed by atoms with Gasteiger partial charge in [-0.1, -0.05) is 24.6 Å². The van der Waals surface area contributed by atoms with Crippen LogP contribution in [0, 0.1) is 0 Å². The Kier molecular flexibility index (Phi) is 6.85. The summed E-state index contributed by atoms with van der Waals surface area (Å²) in [5.41, 5.74) is 0.713. The Labute approximate surface area is 155 Å². The fourth-order valence-corrected chi connectivity index (χ4v) is 2.46. The van der Waals surface area contributed by atoms with E-state index >= 15 is 0 Å². The second-order valence-corrected chi connectivity index (χ2v) is 6.07. The maximum Gasteiger partial charge on any atom is 0.326 e. The first-order valence-electron chi connectivity index (χ1n) is 8.15. The molecule has 0 aliphatic rings. The number of rotatable bonds is 9. The van der Waals surface area contributed by atoms with Crippen molar-refractivity contribution in [1.29, 1.82) is 0 Å². The smallest absolute Gasteiger partial charge is 0.326 e. The monoisotopic (exact) mass is 377 g/mol. The van der Waals surface area contributed by atoms with Crippen LogP contribution < -0.4 is 5.32 Å². The van der Waals surface area contributed by atoms with Gasteiger partial charge in [0.15, 0.2) is 6.04 Å². The van der Waals surface area contributed by atoms with Gasteiger partial charge in [0.1, 0.15) is 6.04 Å². The topological polar surface area (TPSA) is 110 Å². The van der Waals surface area contributed by atoms with Crippen molar-refractivity contribution >= 4 is 23.5 Å². The Morgan fingerprint density at radius 2 is 2.08 bits per heavy atom. The fourth-order valence-electron chi connectivity index (χ4n) is 2.34. The lowest BCUT2D eigenvalue weighted by Crippen LogP contribution is -2.44. The Bertz CT molecular complexity index is 775. The predicted molar refractivity (Wildman–Crippen MR) is 96.6 cm³/mol. The van der Waals surface area contributed by atoms with Crippen LogP contribution in [0.5, 0.6) is 0 Å². The van der Waals surface area contributed by atoms with Gasteiger partial charge in [0.25, 0.3) is 0 Å². The molecule has 1 heterocycles. The zero-order valence-corrected chi connectivity index (χ0v) is 15.1. The molecule has 0 saturated carbocycles. The van der Waals surface area contributed by atoms with Crippen molar-refractivity contribution in [1.82, 2.24) is 25.5 Å². The highest BCUT2D eigenvalue weighted by atomic mass is 35.5. The van der Waals surface area contributed by atoms with Crippen molar-refractivity contribution in [2.75, 3.05) is 0 Å². The van der Waals surface area contributed by atoms with E-state index in [9.17, 15) is 14.7 Å². The number of aliphatic carboxylic acids is 1. The summed E-state index contributed by atoms with van der Waals surface area (Å²) in [4.78, 5) is 25.0. The number of nitrogens with zero attached hydrogens (tertiary/aromatic N) is 4. The number of carbonyl (C=O) groups excluding carboxylic acids is 1. The van der Waals surface area contributed by atoms with E-state index in [-0.39, 0.29) is 6.42 Å². The van der Waals surface area contributed by atoms with E-state index in [1.165, 1.54) is 4.80 Å². The normalized spacial score (nSPS) is 13.0. The van der Waals surface area contributed by atoms with Gasteiger partial charge in [0.2, 0.25) is 11.7 Å². The Hall–Kier alpha value is -2.74. The van der Waals surface area contributed by atoms with E-state index in [2.05, 4.69) is 27.3 Å². The highest BCUT2D eigenvalue weighted by molar-refractivity contribution is 6.30. The summed E-state index contributed by atoms with van der Waals surface area (Å²) < 4.78 is 0. The largest absolute Gasteiger partial charge is 0.480 e. The van der Waals surface area contributed by atoms with Gasteiger partial charge in [-0.25, -0.2) is 4.79 Å². The number of hydrogen-bond donors (Lipinski definition) is 2. The van der Waals surface area contributed by atoms with Crippen molar-refractivity contribution in [2.45, 2.75) is 38.3 Å². The molecule has 0 fully saturated rings. The number of hydrogen-bond acceptors (Lipinski definition) is 5. The van der Waals surface area contributed by atoms with Crippen LogP contribution >= 0.6 is 11.6 Å². The summed E-state index contributed by atoms with van der Waals surface area (Å²) in [6.45, 7) is 5.35. The Morgan fingerprint density at radius 3 is 2.65 bits per heavy atom. The van der Waals surface area contributed by atoms with E-state index in [0.717, 1.165) is 0 Å². The van der Waals surface area contributed by atoms with E-state index < -0.39 is 24.0 Å². The highest BCUT2D eigenvalue weighted by Gasteiger charge is 2.27. The molecule has 1 aromatic carbocycles. The fraction of sp³-hybridized carbons (Fsp3) is 0.353. The first kappa shape index (κ1) is 19.6. The minimum absolute atomic E-state index is 0.266. The van der Waals surface area contributed by atoms with Gasteiger partial charge < -0.3 is 10.4 Å². The average Bonchev–Trinajstić information content (AvgIpc) is 3.09. The summed E-state index contributed by atoms with van der Waals surface area (Å²) in [5.74, 6) is -1.21. The number of nitrogens with one attached hydrogen (secondary N) is 1. The van der Waals surface area contributed by atoms with Gasteiger partial charge in [0.05, 0.1) is 0 Å². The predicted octanol–water partition coefficient (Wildman–Crippen LogP) is 2.48. The van der Waals surface area contributed by atoms with Crippen LogP contribution in [-0.2, 0) is 9.59 Å². The van der Waals surface area contributed by atoms with Crippen molar-refractivity contribution in [2.24, 2.45) is 0 Å². The van der Waals surface area contributed by atoms with Crippen LogP contribution in [0.15, 0.2) is 36.9 Å². The van der Waals surface area contributed by atoms with Gasteiger partial charge in [-0.2, -0.15) is 4.80 Å². The third-order valence-electron chi connectivity index (χ3n) is 3.77. The molecule has 2 aromatic rings. The molecule has 2 rings (SSSR count). The molecule has 0 aliphatic heterocycles. The molecule has 138 valence electrons. The molecule has 0 bridgehead atoms. The molecule has 2 atom stereocenters. The molecule has 2 N–H and O–H groups in total. The molecule has 0 saturated heterocycles. The highest BCUT2D eigenvalue weighted by Crippen LogP contribution is 2.18. The molecular weight excluding hydrogens is 358 g/mol. The number of carbonyl (C=O) groups is 2. The summed E-state index contributed by atoms with van der Waals surface area (Å²) in [5, 5.41) is 24.5. The number of carboxylic acids is 1. The molecule has 9 heteroatoms. The zero-order chi connectivity index (χ0) is 19.1. The van der Waals surface area contributed by atoms with Crippen LogP contribution in [0.25, 0.3) is 11.4 Å². The van der Waals surface area contributed by atoms with E-state index in [1.54, 1.807) is 37.3 Å². The molecule has 0 radical (unpaired) electrons. The van der Waals surface area contributed by atoms with Crippen molar-refractivity contribution < 1.29 is 14.7 Å². The van der Waals surface area contributed by atoms with Crippen LogP contribution in [-0.4, -0.2) is 43.2 Å². The summed E-state index contributed by atoms with van der Waals surface area (Å²) in [6.07, 6.45) is 2.74. The van der Waals surface area contributed by atoms with E-state index in [0.29, 0.717) is 29.3 Å². The minimum Gasteiger partial charge on any atom is -0.480 e. The summed E-state index contributed by atoms with van der Waals surface area (Å²) >= 11 is 5.86.